The van der Waals surface area contributed by atoms with Gasteiger partial charge in [-0.2, -0.15) is 0 Å². The summed E-state index contributed by atoms with van der Waals surface area (Å²) in [6.45, 7) is 1.11. The van der Waals surface area contributed by atoms with Gasteiger partial charge in [0.05, 0.1) is 5.50 Å². The van der Waals surface area contributed by atoms with Crippen LogP contribution in [-0.4, -0.2) is 23.1 Å². The van der Waals surface area contributed by atoms with Crippen LogP contribution < -0.4 is 5.43 Å². The first-order valence-corrected chi connectivity index (χ1v) is 7.97. The van der Waals surface area contributed by atoms with Crippen LogP contribution in [0.1, 0.15) is 70.6 Å². The third kappa shape index (κ3) is 4.42. The summed E-state index contributed by atoms with van der Waals surface area (Å²) in [6, 6.07) is 0.677. The Morgan fingerprint density at radius 3 is 2.12 bits per heavy atom. The largest absolute Gasteiger partial charge is 0.254 e. The molecule has 0 bridgehead atoms. The molecule has 1 saturated carbocycles. The van der Waals surface area contributed by atoms with E-state index in [1.54, 1.807) is 0 Å². The van der Waals surface area contributed by atoms with Gasteiger partial charge in [-0.15, -0.1) is 11.6 Å². The van der Waals surface area contributed by atoms with Crippen LogP contribution in [0.2, 0.25) is 0 Å². The van der Waals surface area contributed by atoms with E-state index in [2.05, 4.69) is 10.4 Å². The van der Waals surface area contributed by atoms with Crippen LogP contribution >= 0.6 is 11.6 Å². The van der Waals surface area contributed by atoms with Crippen LogP contribution in [0.25, 0.3) is 0 Å². The van der Waals surface area contributed by atoms with Crippen molar-refractivity contribution in [1.29, 1.82) is 0 Å². The van der Waals surface area contributed by atoms with Gasteiger partial charge in [-0.3, -0.25) is 5.43 Å². The van der Waals surface area contributed by atoms with Crippen LogP contribution in [-0.2, 0) is 0 Å². The zero-order valence-corrected chi connectivity index (χ0v) is 11.7. The molecule has 1 aliphatic carbocycles. The molecule has 1 atom stereocenters. The molecule has 2 aliphatic rings. The average molecular weight is 259 g/mol. The van der Waals surface area contributed by atoms with Gasteiger partial charge in [-0.1, -0.05) is 44.9 Å². The Balaban J connectivity index is 1.90. The van der Waals surface area contributed by atoms with Crippen molar-refractivity contribution in [3.05, 3.63) is 0 Å². The van der Waals surface area contributed by atoms with E-state index in [9.17, 15) is 0 Å². The maximum Gasteiger partial charge on any atom is 0.0984 e. The molecule has 0 aromatic rings. The minimum atomic E-state index is 0.208. The number of hydrazine groups is 1. The molecule has 2 rings (SSSR count). The van der Waals surface area contributed by atoms with Crippen molar-refractivity contribution in [1.82, 2.24) is 10.4 Å². The number of nitrogens with zero attached hydrogens (tertiary/aromatic N) is 1. The molecule has 17 heavy (non-hydrogen) atoms. The highest BCUT2D eigenvalue weighted by molar-refractivity contribution is 6.20. The van der Waals surface area contributed by atoms with Gasteiger partial charge < -0.3 is 0 Å². The standard InChI is InChI=1S/C14H27ClN2/c15-14-11-7-4-8-12-16-17(14)13-9-5-2-1-3-6-10-13/h13-14,16H,1-12H2. The topological polar surface area (TPSA) is 15.3 Å². The average Bonchev–Trinajstić information content (AvgIpc) is 2.26. The molecule has 100 valence electrons. The lowest BCUT2D eigenvalue weighted by Crippen LogP contribution is -2.51. The summed E-state index contributed by atoms with van der Waals surface area (Å²) in [7, 11) is 0. The van der Waals surface area contributed by atoms with E-state index in [1.165, 1.54) is 64.2 Å². The first-order chi connectivity index (χ1) is 8.38. The summed E-state index contributed by atoms with van der Waals surface area (Å²) < 4.78 is 0. The summed E-state index contributed by atoms with van der Waals surface area (Å²) in [5, 5.41) is 2.39. The zero-order chi connectivity index (χ0) is 11.9. The fraction of sp³-hybridized carbons (Fsp3) is 1.00. The Morgan fingerprint density at radius 1 is 0.765 bits per heavy atom. The molecule has 1 unspecified atom stereocenters. The molecule has 1 N–H and O–H groups in total. The Kier molecular flexibility index (Phi) is 6.10. The van der Waals surface area contributed by atoms with Crippen LogP contribution in [0, 0.1) is 0 Å². The van der Waals surface area contributed by atoms with Crippen molar-refractivity contribution < 1.29 is 0 Å². The summed E-state index contributed by atoms with van der Waals surface area (Å²) in [5.74, 6) is 0. The van der Waals surface area contributed by atoms with E-state index < -0.39 is 0 Å². The first-order valence-electron chi connectivity index (χ1n) is 7.54. The summed E-state index contributed by atoms with van der Waals surface area (Å²) in [4.78, 5) is 0. The molecule has 0 amide bonds. The highest BCUT2D eigenvalue weighted by atomic mass is 35.5. The predicted molar refractivity (Wildman–Crippen MR) is 74.1 cm³/mol. The number of nitrogens with one attached hydrogen (secondary N) is 1. The third-order valence-electron chi connectivity index (χ3n) is 4.18. The van der Waals surface area contributed by atoms with Crippen molar-refractivity contribution in [2.24, 2.45) is 0 Å². The maximum atomic E-state index is 6.55. The van der Waals surface area contributed by atoms with Gasteiger partial charge >= 0.3 is 0 Å². The number of halogens is 1. The molecule has 3 heteroatoms. The molecule has 1 saturated heterocycles. The Bertz CT molecular complexity index is 202. The number of rotatable bonds is 1. The summed E-state index contributed by atoms with van der Waals surface area (Å²) in [5.41, 5.74) is 3.80. The predicted octanol–water partition coefficient (Wildman–Crippen LogP) is 4.04. The number of hydrogen-bond acceptors (Lipinski definition) is 2. The quantitative estimate of drug-likeness (QED) is 0.564. The lowest BCUT2D eigenvalue weighted by atomic mass is 9.96. The molecule has 1 heterocycles. The van der Waals surface area contributed by atoms with Crippen molar-refractivity contribution in [3.8, 4) is 0 Å². The second-order valence-corrected chi connectivity index (χ2v) is 6.10. The minimum Gasteiger partial charge on any atom is -0.254 e. The van der Waals surface area contributed by atoms with E-state index in [-0.39, 0.29) is 5.50 Å². The fourth-order valence-electron chi connectivity index (χ4n) is 3.13. The van der Waals surface area contributed by atoms with Gasteiger partial charge in [0, 0.05) is 12.6 Å². The monoisotopic (exact) mass is 258 g/mol. The normalized spacial score (nSPS) is 31.2. The van der Waals surface area contributed by atoms with Crippen LogP contribution in [0.3, 0.4) is 0 Å². The van der Waals surface area contributed by atoms with E-state index in [1.807, 2.05) is 0 Å². The number of alkyl halides is 1. The van der Waals surface area contributed by atoms with Crippen molar-refractivity contribution >= 4 is 11.6 Å². The van der Waals surface area contributed by atoms with Crippen LogP contribution in [0.5, 0.6) is 0 Å². The third-order valence-corrected chi connectivity index (χ3v) is 4.61. The zero-order valence-electron chi connectivity index (χ0n) is 11.0. The van der Waals surface area contributed by atoms with E-state index in [0.29, 0.717) is 6.04 Å². The van der Waals surface area contributed by atoms with E-state index in [4.69, 9.17) is 11.6 Å². The van der Waals surface area contributed by atoms with Gasteiger partial charge in [0.15, 0.2) is 0 Å². The lowest BCUT2D eigenvalue weighted by molar-refractivity contribution is 0.0745. The van der Waals surface area contributed by atoms with Gasteiger partial charge in [0.25, 0.3) is 0 Å². The molecular formula is C14H27ClN2. The number of hydrogen-bond donors (Lipinski definition) is 1. The second kappa shape index (κ2) is 7.60. The smallest absolute Gasteiger partial charge is 0.0984 e. The van der Waals surface area contributed by atoms with Crippen molar-refractivity contribution in [3.63, 3.8) is 0 Å². The first kappa shape index (κ1) is 13.6. The summed E-state index contributed by atoms with van der Waals surface area (Å²) >= 11 is 6.55. The van der Waals surface area contributed by atoms with E-state index >= 15 is 0 Å². The fourth-order valence-corrected chi connectivity index (χ4v) is 3.51. The van der Waals surface area contributed by atoms with Gasteiger partial charge in [-0.05, 0) is 25.7 Å². The maximum absolute atomic E-state index is 6.55. The van der Waals surface area contributed by atoms with Gasteiger partial charge in [0.1, 0.15) is 0 Å². The van der Waals surface area contributed by atoms with E-state index in [0.717, 1.165) is 13.0 Å². The Labute approximate surface area is 111 Å². The molecule has 1 aliphatic heterocycles. The SMILES string of the molecule is ClC1CCCCCNN1C1CCCCCCC1. The van der Waals surface area contributed by atoms with Crippen molar-refractivity contribution in [2.75, 3.05) is 6.54 Å². The molecule has 0 aromatic carbocycles. The Hall–Kier alpha value is 0.210. The second-order valence-electron chi connectivity index (χ2n) is 5.60. The highest BCUT2D eigenvalue weighted by Crippen LogP contribution is 2.25. The lowest BCUT2D eigenvalue weighted by Gasteiger charge is -2.37. The molecule has 2 nitrogen and oxygen atoms in total. The molecule has 0 aromatic heterocycles. The molecular weight excluding hydrogens is 232 g/mol. The van der Waals surface area contributed by atoms with Crippen LogP contribution in [0.4, 0.5) is 0 Å². The molecule has 2 fully saturated rings. The summed E-state index contributed by atoms with van der Waals surface area (Å²) in [6.07, 6.45) is 14.7. The van der Waals surface area contributed by atoms with Crippen LogP contribution in [0.15, 0.2) is 0 Å². The van der Waals surface area contributed by atoms with Crippen molar-refractivity contribution in [2.45, 2.75) is 82.2 Å². The van der Waals surface area contributed by atoms with Gasteiger partial charge in [0.2, 0.25) is 0 Å². The highest BCUT2D eigenvalue weighted by Gasteiger charge is 2.25. The molecule has 0 radical (unpaired) electrons. The Morgan fingerprint density at radius 2 is 1.35 bits per heavy atom. The minimum absolute atomic E-state index is 0.208. The van der Waals surface area contributed by atoms with Gasteiger partial charge in [-0.25, -0.2) is 5.01 Å². The molecule has 0 spiro atoms.